The number of halogens is 3. The van der Waals surface area contributed by atoms with Gasteiger partial charge in [0.2, 0.25) is 0 Å². The SMILES string of the molecule is Nc1ncc(Br)cc1-n1nnnc1-c1cccc(Cl)c1Cl. The normalized spacial score (nSPS) is 10.8. The van der Waals surface area contributed by atoms with Gasteiger partial charge < -0.3 is 5.73 Å². The van der Waals surface area contributed by atoms with Crippen molar-refractivity contribution in [2.45, 2.75) is 0 Å². The molecule has 0 saturated carbocycles. The standard InChI is InChI=1S/C12H7BrCl2N6/c13-6-4-9(11(16)17-5-6)21-12(18-19-20-21)7-2-1-3-8(14)10(7)15/h1-5H,(H2,16,17). The molecule has 6 nitrogen and oxygen atoms in total. The summed E-state index contributed by atoms with van der Waals surface area (Å²) in [6, 6.07) is 7.00. The predicted octanol–water partition coefficient (Wildman–Crippen LogP) is 3.38. The zero-order valence-corrected chi connectivity index (χ0v) is 13.4. The molecule has 3 aromatic rings. The van der Waals surface area contributed by atoms with Crippen molar-refractivity contribution in [3.63, 3.8) is 0 Å². The smallest absolute Gasteiger partial charge is 0.188 e. The molecule has 0 aliphatic rings. The topological polar surface area (TPSA) is 82.5 Å². The number of tetrazole rings is 1. The highest BCUT2D eigenvalue weighted by Gasteiger charge is 2.17. The van der Waals surface area contributed by atoms with Gasteiger partial charge in [-0.15, -0.1) is 5.10 Å². The van der Waals surface area contributed by atoms with Crippen LogP contribution in [0.3, 0.4) is 0 Å². The Hall–Kier alpha value is -1.70. The van der Waals surface area contributed by atoms with Crippen LogP contribution in [-0.2, 0) is 0 Å². The molecule has 0 spiro atoms. The van der Waals surface area contributed by atoms with Gasteiger partial charge in [0.05, 0.1) is 10.0 Å². The van der Waals surface area contributed by atoms with Gasteiger partial charge in [0.15, 0.2) is 5.82 Å². The minimum absolute atomic E-state index is 0.296. The van der Waals surface area contributed by atoms with Crippen LogP contribution in [0.2, 0.25) is 10.0 Å². The summed E-state index contributed by atoms with van der Waals surface area (Å²) < 4.78 is 2.22. The van der Waals surface area contributed by atoms with Gasteiger partial charge in [0, 0.05) is 16.2 Å². The van der Waals surface area contributed by atoms with Crippen LogP contribution in [0.15, 0.2) is 34.9 Å². The van der Waals surface area contributed by atoms with Crippen LogP contribution in [0.1, 0.15) is 0 Å². The Kier molecular flexibility index (Phi) is 3.79. The minimum Gasteiger partial charge on any atom is -0.382 e. The Morgan fingerprint density at radius 3 is 2.86 bits per heavy atom. The van der Waals surface area contributed by atoms with Crippen molar-refractivity contribution in [1.82, 2.24) is 25.2 Å². The van der Waals surface area contributed by atoms with Gasteiger partial charge in [-0.05, 0) is 44.6 Å². The number of rotatable bonds is 2. The highest BCUT2D eigenvalue weighted by molar-refractivity contribution is 9.10. The molecule has 0 unspecified atom stereocenters. The van der Waals surface area contributed by atoms with E-state index < -0.39 is 0 Å². The van der Waals surface area contributed by atoms with Crippen molar-refractivity contribution < 1.29 is 0 Å². The minimum atomic E-state index is 0.296. The average Bonchev–Trinajstić information content (AvgIpc) is 2.93. The van der Waals surface area contributed by atoms with Crippen molar-refractivity contribution in [2.75, 3.05) is 5.73 Å². The first-order chi connectivity index (χ1) is 10.1. The maximum Gasteiger partial charge on any atom is 0.188 e. The van der Waals surface area contributed by atoms with E-state index in [1.54, 1.807) is 30.5 Å². The molecule has 0 aliphatic carbocycles. The second-order valence-electron chi connectivity index (χ2n) is 4.07. The third-order valence-corrected chi connectivity index (χ3v) is 4.01. The zero-order chi connectivity index (χ0) is 15.0. The molecule has 2 N–H and O–H groups in total. The van der Waals surface area contributed by atoms with E-state index >= 15 is 0 Å². The summed E-state index contributed by atoms with van der Waals surface area (Å²) in [5.41, 5.74) is 7.04. The van der Waals surface area contributed by atoms with E-state index in [0.29, 0.717) is 32.9 Å². The van der Waals surface area contributed by atoms with Crippen molar-refractivity contribution in [1.29, 1.82) is 0 Å². The summed E-state index contributed by atoms with van der Waals surface area (Å²) in [6.45, 7) is 0. The monoisotopic (exact) mass is 384 g/mol. The number of hydrogen-bond donors (Lipinski definition) is 1. The van der Waals surface area contributed by atoms with Crippen LogP contribution in [0.4, 0.5) is 5.82 Å². The molecule has 2 heterocycles. The van der Waals surface area contributed by atoms with E-state index in [-0.39, 0.29) is 0 Å². The molecule has 2 aromatic heterocycles. The van der Waals surface area contributed by atoms with Crippen LogP contribution < -0.4 is 5.73 Å². The van der Waals surface area contributed by atoms with Crippen molar-refractivity contribution in [3.05, 3.63) is 45.0 Å². The Morgan fingerprint density at radius 1 is 1.24 bits per heavy atom. The van der Waals surface area contributed by atoms with Crippen molar-refractivity contribution in [3.8, 4) is 17.1 Å². The summed E-state index contributed by atoms with van der Waals surface area (Å²) >= 11 is 15.6. The number of benzene rings is 1. The summed E-state index contributed by atoms with van der Waals surface area (Å²) in [5.74, 6) is 0.721. The summed E-state index contributed by atoms with van der Waals surface area (Å²) in [7, 11) is 0. The van der Waals surface area contributed by atoms with Gasteiger partial charge in [-0.1, -0.05) is 29.3 Å². The van der Waals surface area contributed by atoms with E-state index in [4.69, 9.17) is 28.9 Å². The van der Waals surface area contributed by atoms with Crippen LogP contribution in [-0.4, -0.2) is 25.2 Å². The molecule has 0 fully saturated rings. The average molecular weight is 386 g/mol. The molecule has 0 radical (unpaired) electrons. The number of aromatic nitrogens is 5. The Balaban J connectivity index is 2.22. The first-order valence-electron chi connectivity index (χ1n) is 5.72. The fraction of sp³-hybridized carbons (Fsp3) is 0. The number of pyridine rings is 1. The zero-order valence-electron chi connectivity index (χ0n) is 10.3. The molecule has 0 bridgehead atoms. The maximum atomic E-state index is 6.22. The van der Waals surface area contributed by atoms with Gasteiger partial charge in [0.25, 0.3) is 0 Å². The highest BCUT2D eigenvalue weighted by atomic mass is 79.9. The number of nitrogens with zero attached hydrogens (tertiary/aromatic N) is 5. The molecule has 0 amide bonds. The molecule has 0 saturated heterocycles. The van der Waals surface area contributed by atoms with Gasteiger partial charge in [-0.3, -0.25) is 0 Å². The molecule has 21 heavy (non-hydrogen) atoms. The predicted molar refractivity (Wildman–Crippen MR) is 84.5 cm³/mol. The van der Waals surface area contributed by atoms with Crippen LogP contribution in [0.25, 0.3) is 17.1 Å². The molecule has 3 rings (SSSR count). The lowest BCUT2D eigenvalue weighted by Gasteiger charge is -2.09. The van der Waals surface area contributed by atoms with E-state index in [0.717, 1.165) is 4.47 Å². The summed E-state index contributed by atoms with van der Waals surface area (Å²) in [5, 5.41) is 12.4. The lowest BCUT2D eigenvalue weighted by molar-refractivity contribution is 0.790. The molecular weight excluding hydrogens is 379 g/mol. The van der Waals surface area contributed by atoms with Crippen molar-refractivity contribution >= 4 is 44.9 Å². The lowest BCUT2D eigenvalue weighted by atomic mass is 10.2. The van der Waals surface area contributed by atoms with Gasteiger partial charge in [-0.25, -0.2) is 4.98 Å². The van der Waals surface area contributed by atoms with Crippen molar-refractivity contribution in [2.24, 2.45) is 0 Å². The van der Waals surface area contributed by atoms with Gasteiger partial charge in [0.1, 0.15) is 11.5 Å². The van der Waals surface area contributed by atoms with Gasteiger partial charge in [-0.2, -0.15) is 4.68 Å². The molecule has 106 valence electrons. The molecular formula is C12H7BrCl2N6. The third-order valence-electron chi connectivity index (χ3n) is 2.75. The highest BCUT2D eigenvalue weighted by Crippen LogP contribution is 2.33. The largest absolute Gasteiger partial charge is 0.382 e. The number of nitrogens with two attached hydrogens (primary N) is 1. The van der Waals surface area contributed by atoms with Crippen LogP contribution in [0.5, 0.6) is 0 Å². The van der Waals surface area contributed by atoms with E-state index in [1.165, 1.54) is 4.68 Å². The number of hydrogen-bond acceptors (Lipinski definition) is 5. The van der Waals surface area contributed by atoms with Crippen LogP contribution >= 0.6 is 39.1 Å². The number of nitrogen functional groups attached to an aromatic ring is 1. The lowest BCUT2D eigenvalue weighted by Crippen LogP contribution is -2.05. The third kappa shape index (κ3) is 2.59. The quantitative estimate of drug-likeness (QED) is 0.731. The first kappa shape index (κ1) is 14.2. The molecule has 0 aliphatic heterocycles. The van der Waals surface area contributed by atoms with Crippen LogP contribution in [0, 0.1) is 0 Å². The fourth-order valence-corrected chi connectivity index (χ4v) is 2.51. The Morgan fingerprint density at radius 2 is 2.05 bits per heavy atom. The second-order valence-corrected chi connectivity index (χ2v) is 5.77. The molecule has 1 aromatic carbocycles. The van der Waals surface area contributed by atoms with E-state index in [1.807, 2.05) is 0 Å². The molecule has 0 atom stereocenters. The summed E-state index contributed by atoms with van der Waals surface area (Å²) in [4.78, 5) is 4.06. The Bertz CT molecular complexity index is 803. The Labute approximate surface area is 138 Å². The first-order valence-corrected chi connectivity index (χ1v) is 7.27. The summed E-state index contributed by atoms with van der Waals surface area (Å²) in [6.07, 6.45) is 1.59. The number of anilines is 1. The second kappa shape index (κ2) is 5.59. The fourth-order valence-electron chi connectivity index (χ4n) is 1.80. The van der Waals surface area contributed by atoms with E-state index in [9.17, 15) is 0 Å². The molecule has 9 heteroatoms. The maximum absolute atomic E-state index is 6.22. The van der Waals surface area contributed by atoms with E-state index in [2.05, 4.69) is 36.4 Å². The van der Waals surface area contributed by atoms with Gasteiger partial charge >= 0.3 is 0 Å².